The van der Waals surface area contributed by atoms with E-state index in [1.54, 1.807) is 55.6 Å². The fourth-order valence-electron chi connectivity index (χ4n) is 2.38. The summed E-state index contributed by atoms with van der Waals surface area (Å²) in [7, 11) is 3.05. The summed E-state index contributed by atoms with van der Waals surface area (Å²) in [6.07, 6.45) is -0.243. The summed E-state index contributed by atoms with van der Waals surface area (Å²) in [5.41, 5.74) is 0.666. The standard InChI is InChI=1S/C19H21NO6/c1-24-14-9-7-13(8-10-14)15(11-19(22)23)20-18(21)12-26-17-6-4-3-5-16(17)25-2/h3-10,15H,11-12H2,1-2H3,(H,20,21)(H,22,23)/t15-/m1/s1. The highest BCUT2D eigenvalue weighted by molar-refractivity contribution is 5.79. The Bertz CT molecular complexity index is 744. The molecule has 1 amide bonds. The molecule has 0 aliphatic carbocycles. The van der Waals surface area contributed by atoms with Crippen molar-refractivity contribution in [2.45, 2.75) is 12.5 Å². The Labute approximate surface area is 151 Å². The number of carboxylic acids is 1. The second-order valence-electron chi connectivity index (χ2n) is 5.43. The number of ether oxygens (including phenoxy) is 3. The number of amides is 1. The first kappa shape index (κ1) is 19.1. The summed E-state index contributed by atoms with van der Waals surface area (Å²) in [6.45, 7) is -0.257. The van der Waals surface area contributed by atoms with Crippen molar-refractivity contribution in [2.75, 3.05) is 20.8 Å². The van der Waals surface area contributed by atoms with Crippen LogP contribution in [0.3, 0.4) is 0 Å². The number of carboxylic acid groups (broad SMARTS) is 1. The molecule has 0 fully saturated rings. The highest BCUT2D eigenvalue weighted by Crippen LogP contribution is 2.26. The molecule has 7 heteroatoms. The molecule has 138 valence electrons. The minimum absolute atomic E-state index is 0.243. The Hall–Kier alpha value is -3.22. The van der Waals surface area contributed by atoms with Gasteiger partial charge in [0.25, 0.3) is 5.91 Å². The van der Waals surface area contributed by atoms with Gasteiger partial charge in [-0.15, -0.1) is 0 Å². The number of rotatable bonds is 9. The lowest BCUT2D eigenvalue weighted by atomic mass is 10.0. The predicted molar refractivity (Wildman–Crippen MR) is 94.6 cm³/mol. The van der Waals surface area contributed by atoms with Gasteiger partial charge in [-0.3, -0.25) is 9.59 Å². The van der Waals surface area contributed by atoms with Crippen molar-refractivity contribution in [3.05, 3.63) is 54.1 Å². The van der Waals surface area contributed by atoms with Crippen molar-refractivity contribution >= 4 is 11.9 Å². The molecule has 26 heavy (non-hydrogen) atoms. The van der Waals surface area contributed by atoms with Crippen LogP contribution in [0.4, 0.5) is 0 Å². The van der Waals surface area contributed by atoms with Gasteiger partial charge in [0, 0.05) is 0 Å². The SMILES string of the molecule is COc1ccc([C@@H](CC(=O)O)NC(=O)COc2ccccc2OC)cc1. The molecule has 2 aromatic carbocycles. The van der Waals surface area contributed by atoms with Crippen molar-refractivity contribution in [3.8, 4) is 17.2 Å². The second-order valence-corrected chi connectivity index (χ2v) is 5.43. The van der Waals surface area contributed by atoms with Crippen LogP contribution >= 0.6 is 0 Å². The molecule has 0 aromatic heterocycles. The molecule has 0 unspecified atom stereocenters. The van der Waals surface area contributed by atoms with Crippen LogP contribution in [0.25, 0.3) is 0 Å². The summed E-state index contributed by atoms with van der Waals surface area (Å²) in [5, 5.41) is 11.8. The monoisotopic (exact) mass is 359 g/mol. The number of benzene rings is 2. The number of para-hydroxylation sites is 2. The van der Waals surface area contributed by atoms with E-state index in [0.29, 0.717) is 22.8 Å². The lowest BCUT2D eigenvalue weighted by molar-refractivity contribution is -0.137. The minimum atomic E-state index is -1.02. The van der Waals surface area contributed by atoms with Gasteiger partial charge in [0.1, 0.15) is 5.75 Å². The van der Waals surface area contributed by atoms with Crippen molar-refractivity contribution in [1.82, 2.24) is 5.32 Å². The van der Waals surface area contributed by atoms with Gasteiger partial charge < -0.3 is 24.6 Å². The molecule has 1 atom stereocenters. The lowest BCUT2D eigenvalue weighted by Gasteiger charge is -2.18. The highest BCUT2D eigenvalue weighted by atomic mass is 16.5. The topological polar surface area (TPSA) is 94.1 Å². The average Bonchev–Trinajstić information content (AvgIpc) is 2.65. The zero-order valence-electron chi connectivity index (χ0n) is 14.6. The molecule has 2 rings (SSSR count). The van der Waals surface area contributed by atoms with E-state index >= 15 is 0 Å². The Morgan fingerprint density at radius 2 is 1.65 bits per heavy atom. The quantitative estimate of drug-likeness (QED) is 0.714. The largest absolute Gasteiger partial charge is 0.497 e. The molecule has 0 aliphatic rings. The van der Waals surface area contributed by atoms with Crippen LogP contribution < -0.4 is 19.5 Å². The molecule has 0 aliphatic heterocycles. The maximum Gasteiger partial charge on any atom is 0.305 e. The number of carbonyl (C=O) groups excluding carboxylic acids is 1. The third kappa shape index (κ3) is 5.41. The first-order valence-electron chi connectivity index (χ1n) is 7.94. The van der Waals surface area contributed by atoms with Crippen LogP contribution in [0.1, 0.15) is 18.0 Å². The summed E-state index contributed by atoms with van der Waals surface area (Å²) < 4.78 is 15.7. The highest BCUT2D eigenvalue weighted by Gasteiger charge is 2.19. The van der Waals surface area contributed by atoms with Crippen LogP contribution in [0, 0.1) is 0 Å². The van der Waals surface area contributed by atoms with Gasteiger partial charge in [0.15, 0.2) is 18.1 Å². The number of aliphatic carboxylic acids is 1. The van der Waals surface area contributed by atoms with E-state index in [4.69, 9.17) is 19.3 Å². The average molecular weight is 359 g/mol. The maximum absolute atomic E-state index is 12.2. The van der Waals surface area contributed by atoms with Gasteiger partial charge >= 0.3 is 5.97 Å². The number of carbonyl (C=O) groups is 2. The number of methoxy groups -OCH3 is 2. The Morgan fingerprint density at radius 3 is 2.23 bits per heavy atom. The molecule has 7 nitrogen and oxygen atoms in total. The van der Waals surface area contributed by atoms with E-state index in [0.717, 1.165) is 0 Å². The number of hydrogen-bond acceptors (Lipinski definition) is 5. The van der Waals surface area contributed by atoms with Crippen molar-refractivity contribution in [3.63, 3.8) is 0 Å². The molecular weight excluding hydrogens is 338 g/mol. The third-order valence-electron chi connectivity index (χ3n) is 3.66. The zero-order valence-corrected chi connectivity index (χ0v) is 14.6. The van der Waals surface area contributed by atoms with Gasteiger partial charge in [-0.1, -0.05) is 24.3 Å². The van der Waals surface area contributed by atoms with Crippen LogP contribution in [0.2, 0.25) is 0 Å². The molecule has 2 N–H and O–H groups in total. The molecule has 0 spiro atoms. The molecule has 0 saturated carbocycles. The second kappa shape index (κ2) is 9.31. The first-order valence-corrected chi connectivity index (χ1v) is 7.94. The van der Waals surface area contributed by atoms with Gasteiger partial charge in [-0.05, 0) is 29.8 Å². The van der Waals surface area contributed by atoms with E-state index in [2.05, 4.69) is 5.32 Å². The minimum Gasteiger partial charge on any atom is -0.497 e. The first-order chi connectivity index (χ1) is 12.5. The summed E-state index contributed by atoms with van der Waals surface area (Å²) in [6, 6.07) is 13.1. The molecule has 0 saturated heterocycles. The number of nitrogens with one attached hydrogen (secondary N) is 1. The lowest BCUT2D eigenvalue weighted by Crippen LogP contribution is -2.33. The van der Waals surface area contributed by atoms with Crippen molar-refractivity contribution in [2.24, 2.45) is 0 Å². The van der Waals surface area contributed by atoms with Gasteiger partial charge in [-0.2, -0.15) is 0 Å². The Morgan fingerprint density at radius 1 is 1.00 bits per heavy atom. The van der Waals surface area contributed by atoms with Gasteiger partial charge in [0.2, 0.25) is 0 Å². The van der Waals surface area contributed by atoms with Crippen molar-refractivity contribution < 1.29 is 28.9 Å². The normalized spacial score (nSPS) is 11.3. The zero-order chi connectivity index (χ0) is 18.9. The van der Waals surface area contributed by atoms with Crippen LogP contribution in [-0.4, -0.2) is 37.8 Å². The summed E-state index contributed by atoms with van der Waals surface area (Å²) >= 11 is 0. The van der Waals surface area contributed by atoms with E-state index in [9.17, 15) is 9.59 Å². The van der Waals surface area contributed by atoms with E-state index in [1.807, 2.05) is 0 Å². The number of hydrogen-bond donors (Lipinski definition) is 2. The van der Waals surface area contributed by atoms with E-state index in [1.165, 1.54) is 7.11 Å². The van der Waals surface area contributed by atoms with Crippen LogP contribution in [0.15, 0.2) is 48.5 Å². The third-order valence-corrected chi connectivity index (χ3v) is 3.66. The van der Waals surface area contributed by atoms with Gasteiger partial charge in [-0.25, -0.2) is 0 Å². The summed E-state index contributed by atoms with van der Waals surface area (Å²) in [4.78, 5) is 23.3. The van der Waals surface area contributed by atoms with Crippen molar-refractivity contribution in [1.29, 1.82) is 0 Å². The van der Waals surface area contributed by atoms with E-state index in [-0.39, 0.29) is 13.0 Å². The predicted octanol–water partition coefficient (Wildman–Crippen LogP) is 2.41. The maximum atomic E-state index is 12.2. The Balaban J connectivity index is 2.02. The molecule has 2 aromatic rings. The smallest absolute Gasteiger partial charge is 0.305 e. The molecule has 0 bridgehead atoms. The van der Waals surface area contributed by atoms with Crippen LogP contribution in [0.5, 0.6) is 17.2 Å². The fourth-order valence-corrected chi connectivity index (χ4v) is 2.38. The molecule has 0 radical (unpaired) electrons. The molecule has 0 heterocycles. The fraction of sp³-hybridized carbons (Fsp3) is 0.263. The van der Waals surface area contributed by atoms with E-state index < -0.39 is 17.9 Å². The van der Waals surface area contributed by atoms with Crippen LogP contribution in [-0.2, 0) is 9.59 Å². The summed E-state index contributed by atoms with van der Waals surface area (Å²) in [5.74, 6) is 0.144. The molecular formula is C19H21NO6. The van der Waals surface area contributed by atoms with Gasteiger partial charge in [0.05, 0.1) is 26.7 Å². The Kier molecular flexibility index (Phi) is 6.84.